The van der Waals surface area contributed by atoms with Crippen molar-refractivity contribution in [1.82, 2.24) is 4.31 Å². The number of ether oxygens (including phenoxy) is 1. The van der Waals surface area contributed by atoms with Crippen molar-refractivity contribution in [3.05, 3.63) is 52.5 Å². The topological polar surface area (TPSA) is 113 Å². The largest absolute Gasteiger partial charge is 0.505 e. The molecule has 1 amide bonds. The van der Waals surface area contributed by atoms with Crippen LogP contribution in [0, 0.1) is 0 Å². The normalized spacial score (nSPS) is 11.6. The molecule has 0 atom stereocenters. The Kier molecular flexibility index (Phi) is 6.89. The summed E-state index contributed by atoms with van der Waals surface area (Å²) in [6.45, 7) is 3.44. The van der Waals surface area contributed by atoms with Crippen molar-refractivity contribution < 1.29 is 27.9 Å². The second-order valence-electron chi connectivity index (χ2n) is 6.40. The number of nitrogens with zero attached hydrogens (tertiary/aromatic N) is 1. The minimum atomic E-state index is -3.83. The fourth-order valence-electron chi connectivity index (χ4n) is 2.39. The summed E-state index contributed by atoms with van der Waals surface area (Å²) in [7, 11) is -1.23. The lowest BCUT2D eigenvalue weighted by atomic mass is 10.1. The van der Waals surface area contributed by atoms with Crippen LogP contribution in [0.1, 0.15) is 34.6 Å². The van der Waals surface area contributed by atoms with Gasteiger partial charge in [-0.05, 0) is 44.2 Å². The lowest BCUT2D eigenvalue weighted by molar-refractivity contribution is 0.0597. The molecule has 2 aromatic carbocycles. The van der Waals surface area contributed by atoms with Crippen LogP contribution in [0.15, 0.2) is 41.3 Å². The van der Waals surface area contributed by atoms with Gasteiger partial charge in [-0.3, -0.25) is 4.79 Å². The zero-order valence-electron chi connectivity index (χ0n) is 16.3. The molecular weight excluding hydrogens is 420 g/mol. The smallest absolute Gasteiger partial charge is 0.341 e. The third-order valence-corrected chi connectivity index (χ3v) is 6.64. The molecule has 0 heterocycles. The predicted octanol–water partition coefficient (Wildman–Crippen LogP) is 3.11. The first-order chi connectivity index (χ1) is 13.5. The molecule has 0 aliphatic heterocycles. The van der Waals surface area contributed by atoms with Gasteiger partial charge in [0.25, 0.3) is 5.91 Å². The molecule has 0 radical (unpaired) electrons. The van der Waals surface area contributed by atoms with E-state index in [9.17, 15) is 23.1 Å². The number of rotatable bonds is 6. The summed E-state index contributed by atoms with van der Waals surface area (Å²) in [6.07, 6.45) is 0. The van der Waals surface area contributed by atoms with E-state index in [1.165, 1.54) is 41.7 Å². The fraction of sp³-hybridized carbons (Fsp3) is 0.263. The summed E-state index contributed by atoms with van der Waals surface area (Å²) < 4.78 is 31.1. The Labute approximate surface area is 174 Å². The highest BCUT2D eigenvalue weighted by atomic mass is 35.5. The van der Waals surface area contributed by atoms with Crippen LogP contribution in [-0.4, -0.2) is 49.9 Å². The van der Waals surface area contributed by atoms with Crippen LogP contribution in [0.5, 0.6) is 5.75 Å². The Morgan fingerprint density at radius 1 is 1.17 bits per heavy atom. The molecule has 8 nitrogen and oxygen atoms in total. The fourth-order valence-corrected chi connectivity index (χ4v) is 3.99. The number of halogens is 1. The Balaban J connectivity index is 2.42. The van der Waals surface area contributed by atoms with Gasteiger partial charge in [0.1, 0.15) is 5.56 Å². The number of hydrogen-bond acceptors (Lipinski definition) is 6. The van der Waals surface area contributed by atoms with Crippen molar-refractivity contribution in [2.45, 2.75) is 24.8 Å². The maximum atomic E-state index is 12.7. The van der Waals surface area contributed by atoms with Crippen LogP contribution in [0.3, 0.4) is 0 Å². The summed E-state index contributed by atoms with van der Waals surface area (Å²) in [5.41, 5.74) is -0.291. The van der Waals surface area contributed by atoms with Crippen LogP contribution in [0.2, 0.25) is 5.02 Å². The maximum absolute atomic E-state index is 12.7. The SMILES string of the molecule is COC(=O)c1cccc(NC(=O)c2cc(S(=O)(=O)N(C)C(C)C)ccc2Cl)c1O. The number of hydrogen-bond donors (Lipinski definition) is 2. The third kappa shape index (κ3) is 4.69. The average molecular weight is 441 g/mol. The highest BCUT2D eigenvalue weighted by Gasteiger charge is 2.25. The summed E-state index contributed by atoms with van der Waals surface area (Å²) in [6, 6.07) is 7.64. The third-order valence-electron chi connectivity index (χ3n) is 4.28. The molecule has 0 aliphatic rings. The highest BCUT2D eigenvalue weighted by Crippen LogP contribution is 2.30. The lowest BCUT2D eigenvalue weighted by Gasteiger charge is -2.21. The van der Waals surface area contributed by atoms with Gasteiger partial charge in [-0.2, -0.15) is 4.31 Å². The number of phenols is 1. The van der Waals surface area contributed by atoms with E-state index in [1.807, 2.05) is 0 Å². The summed E-state index contributed by atoms with van der Waals surface area (Å²) in [4.78, 5) is 24.3. The molecule has 2 N–H and O–H groups in total. The van der Waals surface area contributed by atoms with E-state index in [4.69, 9.17) is 11.6 Å². The van der Waals surface area contributed by atoms with Gasteiger partial charge in [-0.15, -0.1) is 0 Å². The van der Waals surface area contributed by atoms with Crippen LogP contribution in [0.4, 0.5) is 5.69 Å². The first kappa shape index (κ1) is 22.7. The maximum Gasteiger partial charge on any atom is 0.341 e. The molecule has 0 bridgehead atoms. The Morgan fingerprint density at radius 2 is 1.83 bits per heavy atom. The van der Waals surface area contributed by atoms with Gasteiger partial charge in [0.2, 0.25) is 10.0 Å². The van der Waals surface area contributed by atoms with Gasteiger partial charge in [0.15, 0.2) is 5.75 Å². The molecule has 0 unspecified atom stereocenters. The van der Waals surface area contributed by atoms with E-state index < -0.39 is 27.6 Å². The molecule has 0 saturated heterocycles. The highest BCUT2D eigenvalue weighted by molar-refractivity contribution is 7.89. The van der Waals surface area contributed by atoms with Crippen molar-refractivity contribution in [3.63, 3.8) is 0 Å². The number of esters is 1. The molecule has 2 aromatic rings. The number of para-hydroxylation sites is 1. The van der Waals surface area contributed by atoms with E-state index in [1.54, 1.807) is 13.8 Å². The van der Waals surface area contributed by atoms with Crippen LogP contribution >= 0.6 is 11.6 Å². The predicted molar refractivity (Wildman–Crippen MR) is 109 cm³/mol. The van der Waals surface area contributed by atoms with E-state index in [2.05, 4.69) is 10.1 Å². The lowest BCUT2D eigenvalue weighted by Crippen LogP contribution is -2.33. The van der Waals surface area contributed by atoms with Gasteiger partial charge in [0, 0.05) is 13.1 Å². The standard InChI is InChI=1S/C19H21ClN2O6S/c1-11(2)22(3)29(26,27)12-8-9-15(20)14(10-12)18(24)21-16-7-5-6-13(17(16)23)19(25)28-4/h5-11,23H,1-4H3,(H,21,24). The van der Waals surface area contributed by atoms with Crippen LogP contribution in [0.25, 0.3) is 0 Å². The number of nitrogens with one attached hydrogen (secondary N) is 1. The Morgan fingerprint density at radius 3 is 2.41 bits per heavy atom. The molecule has 0 fully saturated rings. The molecule has 10 heteroatoms. The van der Waals surface area contributed by atoms with Gasteiger partial charge in [-0.1, -0.05) is 17.7 Å². The second kappa shape index (κ2) is 8.81. The zero-order chi connectivity index (χ0) is 21.9. The van der Waals surface area contributed by atoms with Gasteiger partial charge >= 0.3 is 5.97 Å². The summed E-state index contributed by atoms with van der Waals surface area (Å²) >= 11 is 6.09. The number of aromatic hydroxyl groups is 1. The first-order valence-electron chi connectivity index (χ1n) is 8.50. The van der Waals surface area contributed by atoms with Crippen molar-refractivity contribution in [3.8, 4) is 5.75 Å². The van der Waals surface area contributed by atoms with Crippen LogP contribution in [-0.2, 0) is 14.8 Å². The van der Waals surface area contributed by atoms with Gasteiger partial charge in [-0.25, -0.2) is 13.2 Å². The first-order valence-corrected chi connectivity index (χ1v) is 10.3. The molecular formula is C19H21ClN2O6S. The Hall–Kier alpha value is -2.62. The van der Waals surface area contributed by atoms with E-state index >= 15 is 0 Å². The molecule has 0 aromatic heterocycles. The number of phenolic OH excluding ortho intramolecular Hbond substituents is 1. The number of amides is 1. The molecule has 0 spiro atoms. The number of carbonyl (C=O) groups is 2. The molecule has 0 aliphatic carbocycles. The number of sulfonamides is 1. The number of methoxy groups -OCH3 is 1. The minimum absolute atomic E-state index is 0.0252. The van der Waals surface area contributed by atoms with Crippen molar-refractivity contribution >= 4 is 39.2 Å². The number of carbonyl (C=O) groups excluding carboxylic acids is 2. The van der Waals surface area contributed by atoms with E-state index in [0.29, 0.717) is 0 Å². The molecule has 2 rings (SSSR count). The number of benzene rings is 2. The minimum Gasteiger partial charge on any atom is -0.505 e. The Bertz CT molecular complexity index is 1050. The average Bonchev–Trinajstić information content (AvgIpc) is 2.68. The van der Waals surface area contributed by atoms with Gasteiger partial charge in [0.05, 0.1) is 28.3 Å². The quantitative estimate of drug-likeness (QED) is 0.527. The molecule has 0 saturated carbocycles. The monoisotopic (exact) mass is 440 g/mol. The summed E-state index contributed by atoms with van der Waals surface area (Å²) in [5, 5.41) is 12.7. The van der Waals surface area contributed by atoms with Crippen molar-refractivity contribution in [2.24, 2.45) is 0 Å². The van der Waals surface area contributed by atoms with E-state index in [-0.39, 0.29) is 32.8 Å². The summed E-state index contributed by atoms with van der Waals surface area (Å²) in [5.74, 6) is -2.01. The van der Waals surface area contributed by atoms with E-state index in [0.717, 1.165) is 13.2 Å². The van der Waals surface area contributed by atoms with Gasteiger partial charge < -0.3 is 15.2 Å². The van der Waals surface area contributed by atoms with Crippen LogP contribution < -0.4 is 5.32 Å². The number of anilines is 1. The second-order valence-corrected chi connectivity index (χ2v) is 8.81. The molecule has 29 heavy (non-hydrogen) atoms. The van der Waals surface area contributed by atoms with Crippen molar-refractivity contribution in [1.29, 1.82) is 0 Å². The zero-order valence-corrected chi connectivity index (χ0v) is 17.8. The molecule has 156 valence electrons. The van der Waals surface area contributed by atoms with Crippen molar-refractivity contribution in [2.75, 3.05) is 19.5 Å².